The van der Waals surface area contributed by atoms with Crippen molar-refractivity contribution in [2.75, 3.05) is 6.54 Å². The van der Waals surface area contributed by atoms with Gasteiger partial charge in [0.05, 0.1) is 10.6 Å². The van der Waals surface area contributed by atoms with Crippen LogP contribution in [0.25, 0.3) is 0 Å². The zero-order chi connectivity index (χ0) is 11.9. The van der Waals surface area contributed by atoms with Crippen LogP contribution >= 0.6 is 24.0 Å². The summed E-state index contributed by atoms with van der Waals surface area (Å²) in [4.78, 5) is 0. The lowest BCUT2D eigenvalue weighted by molar-refractivity contribution is -0.137. The maximum Gasteiger partial charge on any atom is 0.416 e. The predicted octanol–water partition coefficient (Wildman–Crippen LogP) is 3.95. The molecule has 1 fully saturated rings. The van der Waals surface area contributed by atoms with Crippen molar-refractivity contribution in [3.8, 4) is 0 Å². The van der Waals surface area contributed by atoms with E-state index in [0.29, 0.717) is 19.0 Å². The number of hydrogen-bond acceptors (Lipinski definition) is 1. The molecule has 0 radical (unpaired) electrons. The van der Waals surface area contributed by atoms with Gasteiger partial charge in [0, 0.05) is 11.6 Å². The predicted molar refractivity (Wildman–Crippen MR) is 59.0 cm³/mol. The highest BCUT2D eigenvalue weighted by Crippen LogP contribution is 2.36. The van der Waals surface area contributed by atoms with Gasteiger partial charge in [-0.25, -0.2) is 4.39 Å². The third-order valence-corrected chi connectivity index (χ3v) is 2.86. The molecule has 1 aromatic carbocycles. The van der Waals surface area contributed by atoms with Gasteiger partial charge in [0.2, 0.25) is 0 Å². The minimum Gasteiger partial charge on any atom is -0.310 e. The number of rotatable bonds is 1. The molecule has 0 amide bonds. The van der Waals surface area contributed by atoms with Crippen LogP contribution in [0.15, 0.2) is 12.1 Å². The summed E-state index contributed by atoms with van der Waals surface area (Å²) in [6.45, 7) is 0.679. The lowest BCUT2D eigenvalue weighted by Crippen LogP contribution is -2.35. The number of hydrogen-bond donors (Lipinski definition) is 1. The van der Waals surface area contributed by atoms with Gasteiger partial charge in [-0.2, -0.15) is 13.2 Å². The van der Waals surface area contributed by atoms with Gasteiger partial charge in [-0.3, -0.25) is 0 Å². The van der Waals surface area contributed by atoms with Gasteiger partial charge in [0.15, 0.2) is 0 Å². The third kappa shape index (κ3) is 2.84. The van der Waals surface area contributed by atoms with Gasteiger partial charge in [0.1, 0.15) is 5.82 Å². The second-order valence-electron chi connectivity index (χ2n) is 3.65. The van der Waals surface area contributed by atoms with E-state index in [1.54, 1.807) is 0 Å². The maximum atomic E-state index is 13.5. The quantitative estimate of drug-likeness (QED) is 0.772. The zero-order valence-corrected chi connectivity index (χ0v) is 10.0. The first-order valence-electron chi connectivity index (χ1n) is 4.69. The molecule has 7 heteroatoms. The molecule has 1 aliphatic rings. The number of nitrogens with one attached hydrogen (secondary N) is 1. The van der Waals surface area contributed by atoms with Crippen LogP contribution in [0.5, 0.6) is 0 Å². The van der Waals surface area contributed by atoms with Crippen LogP contribution in [0, 0.1) is 5.82 Å². The smallest absolute Gasteiger partial charge is 0.310 e. The van der Waals surface area contributed by atoms with Crippen molar-refractivity contribution in [2.24, 2.45) is 0 Å². The van der Waals surface area contributed by atoms with Gasteiger partial charge in [-0.1, -0.05) is 11.6 Å². The van der Waals surface area contributed by atoms with E-state index in [1.807, 2.05) is 0 Å². The average molecular weight is 290 g/mol. The highest BCUT2D eigenvalue weighted by atomic mass is 35.5. The van der Waals surface area contributed by atoms with E-state index < -0.39 is 22.6 Å². The van der Waals surface area contributed by atoms with Crippen molar-refractivity contribution >= 4 is 24.0 Å². The van der Waals surface area contributed by atoms with E-state index in [0.717, 1.165) is 6.07 Å². The summed E-state index contributed by atoms with van der Waals surface area (Å²) in [5.74, 6) is -0.771. The largest absolute Gasteiger partial charge is 0.416 e. The fourth-order valence-corrected chi connectivity index (χ4v) is 1.81. The second-order valence-corrected chi connectivity index (χ2v) is 4.06. The van der Waals surface area contributed by atoms with E-state index in [-0.39, 0.29) is 24.0 Å². The second kappa shape index (κ2) is 5.00. The molecule has 1 N–H and O–H groups in total. The number of halogens is 6. The van der Waals surface area contributed by atoms with Crippen LogP contribution in [-0.2, 0) is 6.18 Å². The van der Waals surface area contributed by atoms with Gasteiger partial charge in [0.25, 0.3) is 0 Å². The summed E-state index contributed by atoms with van der Waals surface area (Å²) >= 11 is 5.45. The van der Waals surface area contributed by atoms with E-state index >= 15 is 0 Å². The third-order valence-electron chi connectivity index (χ3n) is 2.58. The molecule has 0 bridgehead atoms. The van der Waals surface area contributed by atoms with Gasteiger partial charge < -0.3 is 5.32 Å². The maximum absolute atomic E-state index is 13.5. The first-order chi connectivity index (χ1) is 7.39. The monoisotopic (exact) mass is 289 g/mol. The molecule has 1 heterocycles. The van der Waals surface area contributed by atoms with Crippen LogP contribution in [0.1, 0.15) is 23.6 Å². The summed E-state index contributed by atoms with van der Waals surface area (Å²) in [6, 6.07) is 1.07. The summed E-state index contributed by atoms with van der Waals surface area (Å²) in [5, 5.41) is 2.36. The molecular weight excluding hydrogens is 281 g/mol. The van der Waals surface area contributed by atoms with E-state index in [9.17, 15) is 17.6 Å². The molecule has 0 aromatic heterocycles. The van der Waals surface area contributed by atoms with Crippen LogP contribution in [0.4, 0.5) is 17.6 Å². The first kappa shape index (κ1) is 14.5. The average Bonchev–Trinajstić information content (AvgIpc) is 2.07. The van der Waals surface area contributed by atoms with Crippen LogP contribution in [0.3, 0.4) is 0 Å². The molecule has 0 aliphatic carbocycles. The molecule has 2 rings (SSSR count). The van der Waals surface area contributed by atoms with E-state index in [4.69, 9.17) is 11.6 Å². The van der Waals surface area contributed by atoms with Crippen molar-refractivity contribution < 1.29 is 17.6 Å². The van der Waals surface area contributed by atoms with Crippen molar-refractivity contribution in [2.45, 2.75) is 18.6 Å². The minimum atomic E-state index is -4.50. The van der Waals surface area contributed by atoms with Crippen molar-refractivity contribution in [3.63, 3.8) is 0 Å². The van der Waals surface area contributed by atoms with Gasteiger partial charge in [-0.05, 0) is 25.1 Å². The lowest BCUT2D eigenvalue weighted by atomic mass is 9.95. The zero-order valence-electron chi connectivity index (χ0n) is 8.44. The lowest BCUT2D eigenvalue weighted by Gasteiger charge is -2.29. The molecule has 1 aromatic rings. The molecule has 1 nitrogen and oxygen atoms in total. The van der Waals surface area contributed by atoms with Gasteiger partial charge in [-0.15, -0.1) is 12.4 Å². The normalized spacial score (nSPS) is 19.5. The summed E-state index contributed by atoms with van der Waals surface area (Å²) < 4.78 is 50.9. The van der Waals surface area contributed by atoms with Crippen LogP contribution < -0.4 is 5.32 Å². The van der Waals surface area contributed by atoms with E-state index in [2.05, 4.69) is 5.32 Å². The highest BCUT2D eigenvalue weighted by Gasteiger charge is 2.34. The Hall–Kier alpha value is -0.520. The SMILES string of the molecule is Cl.Fc1c(Cl)cc(C(F)(F)F)cc1[C@H]1CCN1. The van der Waals surface area contributed by atoms with Crippen LogP contribution in [-0.4, -0.2) is 6.54 Å². The topological polar surface area (TPSA) is 12.0 Å². The molecule has 1 saturated heterocycles. The molecule has 17 heavy (non-hydrogen) atoms. The van der Waals surface area contributed by atoms with Gasteiger partial charge >= 0.3 is 6.18 Å². The number of alkyl halides is 3. The molecule has 0 unspecified atom stereocenters. The Morgan fingerprint density at radius 2 is 1.88 bits per heavy atom. The fourth-order valence-electron chi connectivity index (χ4n) is 1.58. The first-order valence-corrected chi connectivity index (χ1v) is 5.07. The molecule has 96 valence electrons. The Balaban J connectivity index is 0.00000144. The Morgan fingerprint density at radius 1 is 1.29 bits per heavy atom. The molecule has 1 atom stereocenters. The molecule has 1 aliphatic heterocycles. The van der Waals surface area contributed by atoms with Crippen LogP contribution in [0.2, 0.25) is 5.02 Å². The molecule has 0 saturated carbocycles. The highest BCUT2D eigenvalue weighted by molar-refractivity contribution is 6.30. The van der Waals surface area contributed by atoms with Crippen molar-refractivity contribution in [3.05, 3.63) is 34.1 Å². The summed E-state index contributed by atoms with van der Waals surface area (Å²) in [6.07, 6.45) is -3.88. The summed E-state index contributed by atoms with van der Waals surface area (Å²) in [7, 11) is 0. The Kier molecular flexibility index (Phi) is 4.28. The minimum absolute atomic E-state index is 0. The van der Waals surface area contributed by atoms with Crippen molar-refractivity contribution in [1.29, 1.82) is 0 Å². The summed E-state index contributed by atoms with van der Waals surface area (Å²) in [5.41, 5.74) is -0.923. The van der Waals surface area contributed by atoms with Crippen molar-refractivity contribution in [1.82, 2.24) is 5.32 Å². The Bertz CT molecular complexity index is 416. The number of benzene rings is 1. The fraction of sp³-hybridized carbons (Fsp3) is 0.400. The standard InChI is InChI=1S/C10H8ClF4N.ClH/c11-7-4-5(10(13,14)15)3-6(9(7)12)8-1-2-16-8;/h3-4,8,16H,1-2H2;1H/t8-;/m1./s1. The Morgan fingerprint density at radius 3 is 2.29 bits per heavy atom. The Labute approximate surface area is 107 Å². The molecular formula is C10H9Cl2F4N. The van der Waals surface area contributed by atoms with E-state index in [1.165, 1.54) is 0 Å². The molecule has 0 spiro atoms.